The van der Waals surface area contributed by atoms with Crippen LogP contribution in [0.4, 0.5) is 0 Å². The van der Waals surface area contributed by atoms with Crippen LogP contribution in [0.5, 0.6) is 5.75 Å². The second kappa shape index (κ2) is 3.59. The second-order valence-corrected chi connectivity index (χ2v) is 4.91. The highest BCUT2D eigenvalue weighted by atomic mass is 79.9. The lowest BCUT2D eigenvalue weighted by Gasteiger charge is -2.21. The van der Waals surface area contributed by atoms with Crippen molar-refractivity contribution in [3.05, 3.63) is 42.0 Å². The average Bonchev–Trinajstić information content (AvgIpc) is 2.33. The first kappa shape index (κ1) is 9.85. The number of rotatable bonds is 0. The highest BCUT2D eigenvalue weighted by Gasteiger charge is 2.28. The minimum Gasteiger partial charge on any atom is -0.491 e. The molecule has 0 fully saturated rings. The quantitative estimate of drug-likeness (QED) is 0.691. The van der Waals surface area contributed by atoms with E-state index in [1.807, 2.05) is 36.4 Å². The first-order valence-corrected chi connectivity index (χ1v) is 6.02. The smallest absolute Gasteiger partial charge is 0.184 e. The van der Waals surface area contributed by atoms with Crippen LogP contribution in [0.15, 0.2) is 36.4 Å². The molecule has 3 heteroatoms. The normalized spacial score (nSPS) is 19.3. The Morgan fingerprint density at radius 3 is 2.88 bits per heavy atom. The summed E-state index contributed by atoms with van der Waals surface area (Å²) in [6, 6.07) is 11.7. The van der Waals surface area contributed by atoms with Gasteiger partial charge in [0.15, 0.2) is 5.78 Å². The van der Waals surface area contributed by atoms with Crippen LogP contribution in [-0.2, 0) is 0 Å². The summed E-state index contributed by atoms with van der Waals surface area (Å²) < 4.78 is 5.55. The molecule has 0 radical (unpaired) electrons. The molecule has 2 aromatic carbocycles. The predicted molar refractivity (Wildman–Crippen MR) is 66.5 cm³/mol. The average molecular weight is 277 g/mol. The van der Waals surface area contributed by atoms with Gasteiger partial charge in [0, 0.05) is 0 Å². The summed E-state index contributed by atoms with van der Waals surface area (Å²) in [5.41, 5.74) is 0.700. The molecule has 1 aliphatic rings. The molecule has 0 N–H and O–H groups in total. The molecular weight excluding hydrogens is 268 g/mol. The Kier molecular flexibility index (Phi) is 2.21. The molecule has 0 bridgehead atoms. The third-order valence-corrected chi connectivity index (χ3v) is 3.49. The highest BCUT2D eigenvalue weighted by molar-refractivity contribution is 9.10. The Labute approximate surface area is 101 Å². The SMILES string of the molecule is O=C1c2c(ccc3ccccc23)OC[C@@H]1Br. The van der Waals surface area contributed by atoms with Gasteiger partial charge in [0.1, 0.15) is 17.2 Å². The van der Waals surface area contributed by atoms with Crippen LogP contribution in [0, 0.1) is 0 Å². The molecule has 16 heavy (non-hydrogen) atoms. The van der Waals surface area contributed by atoms with E-state index in [0.717, 1.165) is 10.8 Å². The molecule has 0 aromatic heterocycles. The summed E-state index contributed by atoms with van der Waals surface area (Å²) in [6.45, 7) is 0.407. The van der Waals surface area contributed by atoms with Crippen LogP contribution in [0.1, 0.15) is 10.4 Å². The Hall–Kier alpha value is -1.35. The van der Waals surface area contributed by atoms with E-state index in [4.69, 9.17) is 4.74 Å². The van der Waals surface area contributed by atoms with Gasteiger partial charge in [0.2, 0.25) is 0 Å². The van der Waals surface area contributed by atoms with Crippen molar-refractivity contribution in [1.82, 2.24) is 0 Å². The topological polar surface area (TPSA) is 26.3 Å². The molecule has 0 aliphatic carbocycles. The lowest BCUT2D eigenvalue weighted by atomic mass is 9.97. The Morgan fingerprint density at radius 1 is 1.19 bits per heavy atom. The van der Waals surface area contributed by atoms with Crippen LogP contribution in [-0.4, -0.2) is 17.2 Å². The molecule has 1 atom stereocenters. The molecule has 0 unspecified atom stereocenters. The zero-order valence-electron chi connectivity index (χ0n) is 8.44. The van der Waals surface area contributed by atoms with Crippen molar-refractivity contribution < 1.29 is 9.53 Å². The lowest BCUT2D eigenvalue weighted by molar-refractivity contribution is 0.0948. The van der Waals surface area contributed by atoms with Crippen molar-refractivity contribution in [1.29, 1.82) is 0 Å². The van der Waals surface area contributed by atoms with Crippen LogP contribution >= 0.6 is 15.9 Å². The number of benzene rings is 2. The van der Waals surface area contributed by atoms with E-state index >= 15 is 0 Å². The largest absolute Gasteiger partial charge is 0.491 e. The van der Waals surface area contributed by atoms with Gasteiger partial charge in [0.05, 0.1) is 5.56 Å². The fourth-order valence-corrected chi connectivity index (χ4v) is 2.38. The Bertz CT molecular complexity index is 577. The molecular formula is C13H9BrO2. The van der Waals surface area contributed by atoms with Gasteiger partial charge in [-0.1, -0.05) is 46.3 Å². The van der Waals surface area contributed by atoms with E-state index in [2.05, 4.69) is 15.9 Å². The number of hydrogen-bond donors (Lipinski definition) is 0. The minimum atomic E-state index is -0.231. The maximum atomic E-state index is 12.1. The fourth-order valence-electron chi connectivity index (χ4n) is 2.02. The summed E-state index contributed by atoms with van der Waals surface area (Å²) in [7, 11) is 0. The van der Waals surface area contributed by atoms with Crippen molar-refractivity contribution in [2.75, 3.05) is 6.61 Å². The van der Waals surface area contributed by atoms with Crippen LogP contribution in [0.2, 0.25) is 0 Å². The van der Waals surface area contributed by atoms with Crippen LogP contribution in [0.25, 0.3) is 10.8 Å². The van der Waals surface area contributed by atoms with Gasteiger partial charge in [-0.05, 0) is 16.8 Å². The number of fused-ring (bicyclic) bond motifs is 3. The first-order valence-electron chi connectivity index (χ1n) is 5.10. The molecule has 0 saturated carbocycles. The minimum absolute atomic E-state index is 0.109. The van der Waals surface area contributed by atoms with Crippen molar-refractivity contribution in [2.24, 2.45) is 0 Å². The molecule has 2 aromatic rings. The summed E-state index contributed by atoms with van der Waals surface area (Å²) in [4.78, 5) is 11.9. The monoisotopic (exact) mass is 276 g/mol. The van der Waals surface area contributed by atoms with Gasteiger partial charge in [-0.3, -0.25) is 4.79 Å². The maximum absolute atomic E-state index is 12.1. The number of carbonyl (C=O) groups excluding carboxylic acids is 1. The van der Waals surface area contributed by atoms with E-state index in [-0.39, 0.29) is 10.6 Å². The number of Topliss-reactive ketones (excluding diaryl/α,β-unsaturated/α-hetero) is 1. The third-order valence-electron chi connectivity index (χ3n) is 2.81. The summed E-state index contributed by atoms with van der Waals surface area (Å²) in [5, 5.41) is 2.04. The lowest BCUT2D eigenvalue weighted by Crippen LogP contribution is -2.28. The standard InChI is InChI=1S/C13H9BrO2/c14-10-7-16-11-6-5-8-3-1-2-4-9(8)12(11)13(10)15/h1-6,10H,7H2/t10-/m0/s1. The molecule has 2 nitrogen and oxygen atoms in total. The number of hydrogen-bond acceptors (Lipinski definition) is 2. The molecule has 1 aliphatic heterocycles. The molecule has 0 spiro atoms. The fraction of sp³-hybridized carbons (Fsp3) is 0.154. The van der Waals surface area contributed by atoms with E-state index in [9.17, 15) is 4.79 Å². The van der Waals surface area contributed by atoms with Crippen molar-refractivity contribution >= 4 is 32.5 Å². The number of ketones is 1. The third kappa shape index (κ3) is 1.35. The van der Waals surface area contributed by atoms with E-state index in [1.165, 1.54) is 0 Å². The van der Waals surface area contributed by atoms with Crippen molar-refractivity contribution in [3.63, 3.8) is 0 Å². The van der Waals surface area contributed by atoms with Gasteiger partial charge in [-0.2, -0.15) is 0 Å². The summed E-state index contributed by atoms with van der Waals surface area (Å²) >= 11 is 3.33. The number of alkyl halides is 1. The second-order valence-electron chi connectivity index (χ2n) is 3.80. The first-order chi connectivity index (χ1) is 7.77. The van der Waals surface area contributed by atoms with Gasteiger partial charge >= 0.3 is 0 Å². The Morgan fingerprint density at radius 2 is 2.00 bits per heavy atom. The van der Waals surface area contributed by atoms with Crippen LogP contribution < -0.4 is 4.74 Å². The van der Waals surface area contributed by atoms with Crippen molar-refractivity contribution in [2.45, 2.75) is 4.83 Å². The maximum Gasteiger partial charge on any atom is 0.184 e. The predicted octanol–water partition coefficient (Wildman–Crippen LogP) is 3.18. The van der Waals surface area contributed by atoms with E-state index in [0.29, 0.717) is 17.9 Å². The highest BCUT2D eigenvalue weighted by Crippen LogP contribution is 2.33. The zero-order chi connectivity index (χ0) is 11.1. The number of carbonyl (C=O) groups is 1. The summed E-state index contributed by atoms with van der Waals surface area (Å²) in [6.07, 6.45) is 0. The summed E-state index contributed by atoms with van der Waals surface area (Å²) in [5.74, 6) is 0.803. The number of ether oxygens (including phenoxy) is 1. The van der Waals surface area contributed by atoms with E-state index in [1.54, 1.807) is 0 Å². The molecule has 0 saturated heterocycles. The van der Waals surface area contributed by atoms with Gasteiger partial charge in [-0.25, -0.2) is 0 Å². The van der Waals surface area contributed by atoms with Crippen LogP contribution in [0.3, 0.4) is 0 Å². The zero-order valence-corrected chi connectivity index (χ0v) is 10.0. The van der Waals surface area contributed by atoms with Gasteiger partial charge < -0.3 is 4.74 Å². The number of halogens is 1. The molecule has 3 rings (SSSR count). The Balaban J connectivity index is 2.36. The molecule has 0 amide bonds. The van der Waals surface area contributed by atoms with Gasteiger partial charge in [-0.15, -0.1) is 0 Å². The van der Waals surface area contributed by atoms with Crippen molar-refractivity contribution in [3.8, 4) is 5.75 Å². The molecule has 80 valence electrons. The molecule has 1 heterocycles. The van der Waals surface area contributed by atoms with E-state index < -0.39 is 0 Å². The van der Waals surface area contributed by atoms with Gasteiger partial charge in [0.25, 0.3) is 0 Å².